The standard InChI is InChI=1S/C21H22N4O2/c26-21(16-6-7-16)25-11-9-24(10-12-25)14-19-22-20(27-23-19)18-8-5-15-3-1-2-4-17(15)13-18/h1-5,8,13,16H,6-7,9-12,14H2. The molecule has 1 aliphatic heterocycles. The molecule has 1 amide bonds. The van der Waals surface area contributed by atoms with E-state index >= 15 is 0 Å². The molecule has 5 rings (SSSR count). The molecule has 0 unspecified atom stereocenters. The molecule has 27 heavy (non-hydrogen) atoms. The lowest BCUT2D eigenvalue weighted by molar-refractivity contribution is -0.134. The molecular formula is C21H22N4O2. The van der Waals surface area contributed by atoms with Gasteiger partial charge >= 0.3 is 0 Å². The molecular weight excluding hydrogens is 340 g/mol. The van der Waals surface area contributed by atoms with Crippen LogP contribution >= 0.6 is 0 Å². The minimum atomic E-state index is 0.304. The molecule has 0 spiro atoms. The number of hydrogen-bond donors (Lipinski definition) is 0. The molecule has 2 heterocycles. The van der Waals surface area contributed by atoms with Crippen molar-refractivity contribution in [1.29, 1.82) is 0 Å². The van der Waals surface area contributed by atoms with E-state index in [9.17, 15) is 4.79 Å². The van der Waals surface area contributed by atoms with Crippen LogP contribution in [0.2, 0.25) is 0 Å². The Morgan fingerprint density at radius 3 is 2.59 bits per heavy atom. The monoisotopic (exact) mass is 362 g/mol. The first-order chi connectivity index (χ1) is 13.3. The van der Waals surface area contributed by atoms with Crippen LogP contribution in [0.15, 0.2) is 47.0 Å². The maximum Gasteiger partial charge on any atom is 0.257 e. The van der Waals surface area contributed by atoms with Crippen LogP contribution in [0.1, 0.15) is 18.7 Å². The lowest BCUT2D eigenvalue weighted by Crippen LogP contribution is -2.48. The number of fused-ring (bicyclic) bond motifs is 1. The minimum absolute atomic E-state index is 0.304. The number of nitrogens with zero attached hydrogens (tertiary/aromatic N) is 4. The van der Waals surface area contributed by atoms with Gasteiger partial charge in [0.1, 0.15) is 0 Å². The Balaban J connectivity index is 1.23. The molecule has 0 N–H and O–H groups in total. The maximum atomic E-state index is 12.1. The first-order valence-corrected chi connectivity index (χ1v) is 9.59. The Morgan fingerprint density at radius 1 is 1.04 bits per heavy atom. The summed E-state index contributed by atoms with van der Waals surface area (Å²) >= 11 is 0. The molecule has 6 nitrogen and oxygen atoms in total. The quantitative estimate of drug-likeness (QED) is 0.714. The van der Waals surface area contributed by atoms with E-state index in [1.807, 2.05) is 23.1 Å². The molecule has 1 aliphatic carbocycles. The Labute approximate surface area is 157 Å². The van der Waals surface area contributed by atoms with Crippen molar-refractivity contribution >= 4 is 16.7 Å². The molecule has 138 valence electrons. The van der Waals surface area contributed by atoms with Gasteiger partial charge in [-0.2, -0.15) is 4.98 Å². The molecule has 0 atom stereocenters. The molecule has 2 fully saturated rings. The Bertz CT molecular complexity index is 971. The van der Waals surface area contributed by atoms with E-state index in [0.717, 1.165) is 50.0 Å². The molecule has 6 heteroatoms. The number of carbonyl (C=O) groups is 1. The summed E-state index contributed by atoms with van der Waals surface area (Å²) in [6.07, 6.45) is 2.14. The van der Waals surface area contributed by atoms with Crippen molar-refractivity contribution in [2.45, 2.75) is 19.4 Å². The number of benzene rings is 2. The van der Waals surface area contributed by atoms with E-state index in [-0.39, 0.29) is 0 Å². The second kappa shape index (κ2) is 6.78. The van der Waals surface area contributed by atoms with Crippen LogP contribution in [0.25, 0.3) is 22.2 Å². The van der Waals surface area contributed by atoms with E-state index in [4.69, 9.17) is 4.52 Å². The van der Waals surface area contributed by atoms with Crippen LogP contribution < -0.4 is 0 Å². The van der Waals surface area contributed by atoms with Crippen molar-refractivity contribution in [2.24, 2.45) is 5.92 Å². The van der Waals surface area contributed by atoms with E-state index in [2.05, 4.69) is 39.3 Å². The minimum Gasteiger partial charge on any atom is -0.340 e. The van der Waals surface area contributed by atoms with Gasteiger partial charge in [0.25, 0.3) is 5.89 Å². The van der Waals surface area contributed by atoms with Gasteiger partial charge in [0.05, 0.1) is 6.54 Å². The van der Waals surface area contributed by atoms with Gasteiger partial charge < -0.3 is 9.42 Å². The summed E-state index contributed by atoms with van der Waals surface area (Å²) in [5, 5.41) is 6.50. The van der Waals surface area contributed by atoms with Crippen LogP contribution in [0.3, 0.4) is 0 Å². The van der Waals surface area contributed by atoms with Crippen LogP contribution in [-0.2, 0) is 11.3 Å². The van der Waals surface area contributed by atoms with Gasteiger partial charge in [-0.1, -0.05) is 35.5 Å². The number of piperazine rings is 1. The number of rotatable bonds is 4. The highest BCUT2D eigenvalue weighted by atomic mass is 16.5. The van der Waals surface area contributed by atoms with Crippen LogP contribution in [-0.4, -0.2) is 52.0 Å². The van der Waals surface area contributed by atoms with Gasteiger partial charge in [0.15, 0.2) is 5.82 Å². The summed E-state index contributed by atoms with van der Waals surface area (Å²) in [6, 6.07) is 14.4. The Morgan fingerprint density at radius 2 is 1.81 bits per heavy atom. The first-order valence-electron chi connectivity index (χ1n) is 9.59. The number of carbonyl (C=O) groups excluding carboxylic acids is 1. The average molecular weight is 362 g/mol. The van der Waals surface area contributed by atoms with E-state index in [1.165, 1.54) is 5.39 Å². The zero-order valence-electron chi connectivity index (χ0n) is 15.2. The van der Waals surface area contributed by atoms with E-state index in [0.29, 0.717) is 30.1 Å². The van der Waals surface area contributed by atoms with Gasteiger partial charge in [-0.05, 0) is 35.7 Å². The average Bonchev–Trinajstić information content (AvgIpc) is 3.47. The van der Waals surface area contributed by atoms with Gasteiger partial charge in [-0.3, -0.25) is 9.69 Å². The van der Waals surface area contributed by atoms with Gasteiger partial charge in [-0.15, -0.1) is 0 Å². The summed E-state index contributed by atoms with van der Waals surface area (Å²) in [4.78, 5) is 21.0. The molecule has 1 saturated carbocycles. The van der Waals surface area contributed by atoms with Crippen molar-refractivity contribution in [3.05, 3.63) is 48.3 Å². The summed E-state index contributed by atoms with van der Waals surface area (Å²) in [7, 11) is 0. The third kappa shape index (κ3) is 3.45. The zero-order chi connectivity index (χ0) is 18.2. The highest BCUT2D eigenvalue weighted by molar-refractivity contribution is 5.86. The van der Waals surface area contributed by atoms with Crippen molar-refractivity contribution in [3.8, 4) is 11.5 Å². The van der Waals surface area contributed by atoms with Crippen LogP contribution in [0.5, 0.6) is 0 Å². The summed E-state index contributed by atoms with van der Waals surface area (Å²) < 4.78 is 5.49. The number of amides is 1. The second-order valence-electron chi connectivity index (χ2n) is 7.45. The predicted molar refractivity (Wildman–Crippen MR) is 102 cm³/mol. The van der Waals surface area contributed by atoms with Crippen LogP contribution in [0.4, 0.5) is 0 Å². The molecule has 2 aliphatic rings. The number of hydrogen-bond acceptors (Lipinski definition) is 5. The van der Waals surface area contributed by atoms with Gasteiger partial charge in [0.2, 0.25) is 5.91 Å². The predicted octanol–water partition coefficient (Wildman–Crippen LogP) is 2.94. The summed E-state index contributed by atoms with van der Waals surface area (Å²) in [6.45, 7) is 3.97. The van der Waals surface area contributed by atoms with Gasteiger partial charge in [-0.25, -0.2) is 0 Å². The Hall–Kier alpha value is -2.73. The molecule has 1 saturated heterocycles. The van der Waals surface area contributed by atoms with E-state index < -0.39 is 0 Å². The molecule has 1 aromatic heterocycles. The third-order valence-corrected chi connectivity index (χ3v) is 5.44. The second-order valence-corrected chi connectivity index (χ2v) is 7.45. The smallest absolute Gasteiger partial charge is 0.257 e. The first kappa shape index (κ1) is 16.4. The SMILES string of the molecule is O=C(C1CC1)N1CCN(Cc2noc(-c3ccc4ccccc4c3)n2)CC1. The van der Waals surface area contributed by atoms with Crippen molar-refractivity contribution in [1.82, 2.24) is 19.9 Å². The molecule has 0 radical (unpaired) electrons. The molecule has 2 aromatic carbocycles. The highest BCUT2D eigenvalue weighted by Crippen LogP contribution is 2.31. The van der Waals surface area contributed by atoms with Crippen molar-refractivity contribution in [2.75, 3.05) is 26.2 Å². The van der Waals surface area contributed by atoms with Gasteiger partial charge in [0, 0.05) is 37.7 Å². The lowest BCUT2D eigenvalue weighted by atomic mass is 10.1. The third-order valence-electron chi connectivity index (χ3n) is 5.44. The van der Waals surface area contributed by atoms with Crippen molar-refractivity contribution < 1.29 is 9.32 Å². The maximum absolute atomic E-state index is 12.1. The molecule has 3 aromatic rings. The lowest BCUT2D eigenvalue weighted by Gasteiger charge is -2.34. The van der Waals surface area contributed by atoms with Crippen molar-refractivity contribution in [3.63, 3.8) is 0 Å². The molecule has 0 bridgehead atoms. The normalized spacial score (nSPS) is 18.1. The number of aromatic nitrogens is 2. The summed E-state index contributed by atoms with van der Waals surface area (Å²) in [5.41, 5.74) is 0.937. The topological polar surface area (TPSA) is 62.5 Å². The summed E-state index contributed by atoms with van der Waals surface area (Å²) in [5.74, 6) is 1.89. The van der Waals surface area contributed by atoms with E-state index in [1.54, 1.807) is 0 Å². The fourth-order valence-corrected chi connectivity index (χ4v) is 3.67. The zero-order valence-corrected chi connectivity index (χ0v) is 15.2. The largest absolute Gasteiger partial charge is 0.340 e. The highest BCUT2D eigenvalue weighted by Gasteiger charge is 2.34. The fraction of sp³-hybridized carbons (Fsp3) is 0.381. The van der Waals surface area contributed by atoms with Crippen LogP contribution in [0, 0.1) is 5.92 Å². The fourth-order valence-electron chi connectivity index (χ4n) is 3.67. The Kier molecular flexibility index (Phi) is 4.13.